The third-order valence-electron chi connectivity index (χ3n) is 4.94. The Morgan fingerprint density at radius 1 is 0.366 bits per heavy atom. The average Bonchev–Trinajstić information content (AvgIpc) is 3.00. The molecule has 224 valence electrons. The normalized spacial score (nSPS) is 10.5. The van der Waals surface area contributed by atoms with Crippen molar-refractivity contribution in [3.05, 3.63) is 75.9 Å². The zero-order chi connectivity index (χ0) is 31.3. The van der Waals surface area contributed by atoms with Crippen molar-refractivity contribution in [2.75, 3.05) is 52.9 Å². The van der Waals surface area contributed by atoms with E-state index in [2.05, 4.69) is 39.5 Å². The third kappa shape index (κ3) is 14.8. The summed E-state index contributed by atoms with van der Waals surface area (Å²) in [6.07, 6.45) is 5.32. The fourth-order valence-corrected chi connectivity index (χ4v) is 2.68. The second-order valence-corrected chi connectivity index (χ2v) is 8.36. The first-order valence-corrected chi connectivity index (χ1v) is 11.8. The van der Waals surface area contributed by atoms with E-state index in [1.54, 1.807) is 0 Å². The van der Waals surface area contributed by atoms with Gasteiger partial charge in [-0.1, -0.05) is 39.5 Å². The predicted molar refractivity (Wildman–Crippen MR) is 143 cm³/mol. The van der Waals surface area contributed by atoms with Gasteiger partial charge in [-0.25, -0.2) is 28.8 Å². The summed E-state index contributed by atoms with van der Waals surface area (Å²) in [4.78, 5) is 70.9. The van der Waals surface area contributed by atoms with E-state index in [-0.39, 0.29) is 0 Å². The lowest BCUT2D eigenvalue weighted by molar-refractivity contribution is -0.169. The lowest BCUT2D eigenvalue weighted by Crippen LogP contribution is -2.47. The van der Waals surface area contributed by atoms with Crippen LogP contribution in [0.15, 0.2) is 75.9 Å². The van der Waals surface area contributed by atoms with Gasteiger partial charge in [0.1, 0.15) is 39.6 Å². The number of ether oxygens (including phenoxy) is 7. The van der Waals surface area contributed by atoms with Gasteiger partial charge in [0.05, 0.1) is 24.0 Å². The second kappa shape index (κ2) is 19.3. The van der Waals surface area contributed by atoms with Crippen LogP contribution in [0.2, 0.25) is 0 Å². The Kier molecular flexibility index (Phi) is 17.1. The molecule has 0 spiro atoms. The Morgan fingerprint density at radius 3 is 0.683 bits per heavy atom. The number of hydrogen-bond acceptors (Lipinski definition) is 13. The molecular formula is C28H34O13. The molecule has 0 radical (unpaired) electrons. The van der Waals surface area contributed by atoms with Crippen LogP contribution in [0.1, 0.15) is 0 Å². The molecule has 0 amide bonds. The maximum absolute atomic E-state index is 11.8. The molecule has 0 aliphatic carbocycles. The van der Waals surface area contributed by atoms with E-state index >= 15 is 0 Å². The molecule has 0 bridgehead atoms. The maximum Gasteiger partial charge on any atom is 0.330 e. The fourth-order valence-electron chi connectivity index (χ4n) is 2.68. The SMILES string of the molecule is C=CC(=O)OCC(COCC(COC(=O)C=C)(COC(=O)C=C)COC(=O)C=C)(COC(=O)C=C)COC(=O)C=C. The number of carbonyl (C=O) groups is 6. The van der Waals surface area contributed by atoms with Crippen molar-refractivity contribution >= 4 is 35.8 Å². The lowest BCUT2D eigenvalue weighted by atomic mass is 9.90. The van der Waals surface area contributed by atoms with Gasteiger partial charge in [0.25, 0.3) is 0 Å². The van der Waals surface area contributed by atoms with Crippen molar-refractivity contribution in [1.82, 2.24) is 0 Å². The van der Waals surface area contributed by atoms with E-state index in [0.29, 0.717) is 0 Å². The monoisotopic (exact) mass is 578 g/mol. The molecule has 13 nitrogen and oxygen atoms in total. The van der Waals surface area contributed by atoms with Crippen molar-refractivity contribution in [3.63, 3.8) is 0 Å². The lowest BCUT2D eigenvalue weighted by Gasteiger charge is -2.35. The summed E-state index contributed by atoms with van der Waals surface area (Å²) in [5, 5.41) is 0. The second-order valence-electron chi connectivity index (χ2n) is 8.36. The minimum absolute atomic E-state index is 0.422. The Bertz CT molecular complexity index is 824. The van der Waals surface area contributed by atoms with Crippen LogP contribution in [0, 0.1) is 10.8 Å². The Balaban J connectivity index is 6.30. The topological polar surface area (TPSA) is 167 Å². The molecule has 13 heteroatoms. The van der Waals surface area contributed by atoms with E-state index < -0.39 is 99.5 Å². The van der Waals surface area contributed by atoms with Crippen LogP contribution in [-0.4, -0.2) is 88.7 Å². The van der Waals surface area contributed by atoms with Gasteiger partial charge >= 0.3 is 35.8 Å². The first kappa shape index (κ1) is 36.2. The molecule has 0 aromatic rings. The minimum atomic E-state index is -1.49. The van der Waals surface area contributed by atoms with Gasteiger partial charge in [0, 0.05) is 36.5 Å². The molecule has 0 fully saturated rings. The van der Waals surface area contributed by atoms with Crippen molar-refractivity contribution in [2.24, 2.45) is 10.8 Å². The largest absolute Gasteiger partial charge is 0.462 e. The summed E-state index contributed by atoms with van der Waals surface area (Å²) in [5.74, 6) is -5.01. The van der Waals surface area contributed by atoms with E-state index in [4.69, 9.17) is 33.2 Å². The Labute approximate surface area is 237 Å². The Morgan fingerprint density at radius 2 is 0.537 bits per heavy atom. The van der Waals surface area contributed by atoms with Crippen LogP contribution in [0.5, 0.6) is 0 Å². The third-order valence-corrected chi connectivity index (χ3v) is 4.94. The van der Waals surface area contributed by atoms with Gasteiger partial charge in [-0.15, -0.1) is 0 Å². The zero-order valence-corrected chi connectivity index (χ0v) is 22.7. The van der Waals surface area contributed by atoms with E-state index in [9.17, 15) is 28.8 Å². The molecule has 0 saturated carbocycles. The van der Waals surface area contributed by atoms with Gasteiger partial charge in [-0.3, -0.25) is 0 Å². The molecule has 0 rings (SSSR count). The maximum atomic E-state index is 11.8. The predicted octanol–water partition coefficient (Wildman–Crippen LogP) is 1.35. The average molecular weight is 579 g/mol. The quantitative estimate of drug-likeness (QED) is 0.103. The highest BCUT2D eigenvalue weighted by Crippen LogP contribution is 2.26. The van der Waals surface area contributed by atoms with E-state index in [0.717, 1.165) is 36.5 Å². The smallest absolute Gasteiger partial charge is 0.330 e. The highest BCUT2D eigenvalue weighted by atomic mass is 16.6. The van der Waals surface area contributed by atoms with E-state index in [1.807, 2.05) is 0 Å². The molecule has 0 heterocycles. The van der Waals surface area contributed by atoms with Crippen LogP contribution in [0.3, 0.4) is 0 Å². The minimum Gasteiger partial charge on any atom is -0.462 e. The molecule has 41 heavy (non-hydrogen) atoms. The van der Waals surface area contributed by atoms with Gasteiger partial charge < -0.3 is 33.2 Å². The molecule has 0 saturated heterocycles. The van der Waals surface area contributed by atoms with Crippen molar-refractivity contribution in [2.45, 2.75) is 0 Å². The standard InChI is InChI=1S/C28H34O13/c1-7-21(29)36-15-27(16-37-22(30)8-2,17-38-23(31)9-3)13-35-14-28(18-39-24(32)10-4,19-40-25(33)11-5)20-41-26(34)12-6/h7-12H,1-6,13-20H2. The highest BCUT2D eigenvalue weighted by molar-refractivity contribution is 5.83. The van der Waals surface area contributed by atoms with Gasteiger partial charge in [-0.2, -0.15) is 0 Å². The Hall–Kier alpha value is -4.78. The first-order valence-electron chi connectivity index (χ1n) is 11.8. The van der Waals surface area contributed by atoms with Gasteiger partial charge in [-0.05, 0) is 0 Å². The van der Waals surface area contributed by atoms with Crippen LogP contribution >= 0.6 is 0 Å². The summed E-state index contributed by atoms with van der Waals surface area (Å²) < 4.78 is 36.7. The van der Waals surface area contributed by atoms with Crippen LogP contribution < -0.4 is 0 Å². The molecular weight excluding hydrogens is 544 g/mol. The first-order chi connectivity index (χ1) is 19.4. The number of rotatable bonds is 22. The van der Waals surface area contributed by atoms with Gasteiger partial charge in [0.2, 0.25) is 0 Å². The van der Waals surface area contributed by atoms with E-state index in [1.165, 1.54) is 0 Å². The summed E-state index contributed by atoms with van der Waals surface area (Å²) >= 11 is 0. The number of hydrogen-bond donors (Lipinski definition) is 0. The molecule has 0 N–H and O–H groups in total. The molecule has 0 unspecified atom stereocenters. The summed E-state index contributed by atoms with van der Waals surface area (Å²) in [5.41, 5.74) is -2.98. The molecule has 0 aliphatic heterocycles. The zero-order valence-electron chi connectivity index (χ0n) is 22.7. The van der Waals surface area contributed by atoms with Crippen molar-refractivity contribution in [3.8, 4) is 0 Å². The number of esters is 6. The van der Waals surface area contributed by atoms with Crippen molar-refractivity contribution < 1.29 is 61.9 Å². The molecule has 0 aromatic heterocycles. The summed E-state index contributed by atoms with van der Waals surface area (Å²) in [6.45, 7) is 16.1. The van der Waals surface area contributed by atoms with Crippen molar-refractivity contribution in [1.29, 1.82) is 0 Å². The van der Waals surface area contributed by atoms with Gasteiger partial charge in [0.15, 0.2) is 0 Å². The fraction of sp³-hybridized carbons (Fsp3) is 0.357. The molecule has 0 aromatic carbocycles. The highest BCUT2D eigenvalue weighted by Gasteiger charge is 2.40. The number of carbonyl (C=O) groups excluding carboxylic acids is 6. The van der Waals surface area contributed by atoms with Crippen LogP contribution in [0.25, 0.3) is 0 Å². The van der Waals surface area contributed by atoms with Crippen LogP contribution in [-0.2, 0) is 61.9 Å². The summed E-state index contributed by atoms with van der Waals surface area (Å²) in [6, 6.07) is 0. The molecule has 0 aliphatic rings. The summed E-state index contributed by atoms with van der Waals surface area (Å²) in [7, 11) is 0. The van der Waals surface area contributed by atoms with Crippen LogP contribution in [0.4, 0.5) is 0 Å². The molecule has 0 atom stereocenters.